The molecule has 0 fully saturated rings. The molecule has 2 aromatic heterocycles. The molecule has 0 saturated heterocycles. The number of imidazole rings is 1. The van der Waals surface area contributed by atoms with Gasteiger partial charge < -0.3 is 59.7 Å². The first kappa shape index (κ1) is 59.8. The Labute approximate surface area is 482 Å². The second kappa shape index (κ2) is 26.5. The van der Waals surface area contributed by atoms with Gasteiger partial charge in [0.1, 0.15) is 41.5 Å². The summed E-state index contributed by atoms with van der Waals surface area (Å²) in [5, 5.41) is 21.7. The molecule has 0 aliphatic carbocycles. The second-order valence-corrected chi connectivity index (χ2v) is 20.6. The Balaban J connectivity index is 0.947. The summed E-state index contributed by atoms with van der Waals surface area (Å²) in [5.41, 5.74) is 4.37. The molecular formula is C59H63ClN10O13. The standard InChI is InChI=1S/C59H63ClN10O13/c1-34(2)53(62-37(5)71)56(77)61-36(4)54(75)63-41-14-10-38(11-15-41)33-82-58(79)66(6)22-23-67(24-26-81-27-25-69-49(73)20-21-50(69)74)59(80)83-47-28-46-52(51-35(3)8-7-9-44(47)51)40(29-60)30-70(46)57(78)45-32-68-31-42(16-19-48(68)65-45)64-55(76)39-12-17-43(72)18-13-39/h7-21,28,31-32,34,36,40,53,72H,22-27,29-30,33H2,1-6H3,(H,61,77)(H,62,71)(H,63,75)(H,64,76)/t36-,40+,53-/m0/s1. The predicted octanol–water partition coefficient (Wildman–Crippen LogP) is 6.35. The minimum Gasteiger partial charge on any atom is -0.508 e. The van der Waals surface area contributed by atoms with Gasteiger partial charge in [0.25, 0.3) is 23.6 Å². The number of aromatic nitrogens is 2. The Morgan fingerprint density at radius 2 is 1.53 bits per heavy atom. The number of aryl methyl sites for hydroxylation is 1. The molecule has 2 aliphatic rings. The van der Waals surface area contributed by atoms with E-state index in [1.54, 1.807) is 84.1 Å². The van der Waals surface area contributed by atoms with Crippen molar-refractivity contribution in [2.45, 2.75) is 59.2 Å². The van der Waals surface area contributed by atoms with Crippen LogP contribution in [0.5, 0.6) is 11.5 Å². The summed E-state index contributed by atoms with van der Waals surface area (Å²) in [6.45, 7) is 8.07. The van der Waals surface area contributed by atoms with Crippen LogP contribution in [-0.2, 0) is 40.1 Å². The van der Waals surface area contributed by atoms with Crippen molar-refractivity contribution in [3.8, 4) is 11.5 Å². The van der Waals surface area contributed by atoms with Crippen LogP contribution in [0.15, 0.2) is 109 Å². The number of hydrogen-bond acceptors (Lipinski definition) is 14. The first-order valence-corrected chi connectivity index (χ1v) is 27.2. The number of carbonyl (C=O) groups excluding carboxylic acids is 9. The Bertz CT molecular complexity index is 3500. The van der Waals surface area contributed by atoms with Crippen molar-refractivity contribution >= 4 is 98.6 Å². The molecule has 24 heteroatoms. The number of aromatic hydroxyl groups is 1. The maximum Gasteiger partial charge on any atom is 0.415 e. The molecule has 0 saturated carbocycles. The summed E-state index contributed by atoms with van der Waals surface area (Å²) in [6.07, 6.45) is 3.98. The molecule has 434 valence electrons. The van der Waals surface area contributed by atoms with E-state index >= 15 is 0 Å². The van der Waals surface area contributed by atoms with Gasteiger partial charge >= 0.3 is 12.2 Å². The van der Waals surface area contributed by atoms with Crippen molar-refractivity contribution in [3.63, 3.8) is 0 Å². The third-order valence-electron chi connectivity index (χ3n) is 13.9. The number of anilines is 3. The molecule has 0 radical (unpaired) electrons. The van der Waals surface area contributed by atoms with E-state index in [0.29, 0.717) is 39.2 Å². The smallest absolute Gasteiger partial charge is 0.415 e. The zero-order valence-electron chi connectivity index (χ0n) is 46.5. The second-order valence-electron chi connectivity index (χ2n) is 20.3. The molecular weight excluding hydrogens is 1090 g/mol. The first-order chi connectivity index (χ1) is 39.7. The van der Waals surface area contributed by atoms with Gasteiger partial charge in [-0.05, 0) is 90.4 Å². The fourth-order valence-electron chi connectivity index (χ4n) is 9.42. The molecule has 4 heterocycles. The topological polar surface area (TPSA) is 280 Å². The van der Waals surface area contributed by atoms with Crippen molar-refractivity contribution in [1.29, 1.82) is 0 Å². The van der Waals surface area contributed by atoms with Crippen LogP contribution in [0.1, 0.15) is 71.1 Å². The van der Waals surface area contributed by atoms with Crippen LogP contribution in [0.4, 0.5) is 26.7 Å². The Morgan fingerprint density at radius 1 is 0.819 bits per heavy atom. The molecule has 5 N–H and O–H groups in total. The number of phenolic OH excluding ortho intramolecular Hbond substituents is 1. The van der Waals surface area contributed by atoms with Gasteiger partial charge in [-0.25, -0.2) is 14.6 Å². The Hall–Kier alpha value is -9.35. The lowest BCUT2D eigenvalue weighted by Crippen LogP contribution is -2.53. The minimum atomic E-state index is -0.927. The average molecular weight is 1160 g/mol. The van der Waals surface area contributed by atoms with Gasteiger partial charge in [0, 0.05) is 99.2 Å². The van der Waals surface area contributed by atoms with Crippen LogP contribution in [0, 0.1) is 12.8 Å². The van der Waals surface area contributed by atoms with E-state index in [2.05, 4.69) is 26.3 Å². The van der Waals surface area contributed by atoms with Gasteiger partial charge in [-0.3, -0.25) is 38.5 Å². The fraction of sp³-hybridized carbons (Fsp3) is 0.322. The highest BCUT2D eigenvalue weighted by atomic mass is 35.5. The molecule has 0 spiro atoms. The number of imide groups is 1. The molecule has 0 bridgehead atoms. The minimum absolute atomic E-state index is 0.0176. The molecule has 3 atom stereocenters. The monoisotopic (exact) mass is 1150 g/mol. The molecule has 6 aromatic rings. The number of likely N-dealkylation sites (N-methyl/N-ethyl adjacent to an activating group) is 1. The van der Waals surface area contributed by atoms with Crippen molar-refractivity contribution in [3.05, 3.63) is 137 Å². The highest BCUT2D eigenvalue weighted by Gasteiger charge is 2.37. The summed E-state index contributed by atoms with van der Waals surface area (Å²) < 4.78 is 19.3. The van der Waals surface area contributed by atoms with Gasteiger partial charge in [0.15, 0.2) is 0 Å². The highest BCUT2D eigenvalue weighted by molar-refractivity contribution is 6.19. The van der Waals surface area contributed by atoms with E-state index in [4.69, 9.17) is 25.8 Å². The number of carbonyl (C=O) groups is 9. The molecule has 9 amide bonds. The molecule has 2 aliphatic heterocycles. The van der Waals surface area contributed by atoms with E-state index in [-0.39, 0.29) is 93.4 Å². The van der Waals surface area contributed by atoms with Crippen LogP contribution in [0.3, 0.4) is 0 Å². The van der Waals surface area contributed by atoms with Crippen molar-refractivity contribution in [1.82, 2.24) is 34.7 Å². The zero-order valence-corrected chi connectivity index (χ0v) is 47.2. The number of rotatable bonds is 22. The third-order valence-corrected chi connectivity index (χ3v) is 14.3. The average Bonchev–Trinajstić information content (AvgIpc) is 4.30. The van der Waals surface area contributed by atoms with Crippen molar-refractivity contribution in [2.24, 2.45) is 5.92 Å². The maximum absolute atomic E-state index is 14.6. The Morgan fingerprint density at radius 3 is 2.22 bits per heavy atom. The molecule has 4 aromatic carbocycles. The predicted molar refractivity (Wildman–Crippen MR) is 307 cm³/mol. The zero-order chi connectivity index (χ0) is 59.6. The van der Waals surface area contributed by atoms with E-state index in [9.17, 15) is 48.3 Å². The lowest BCUT2D eigenvalue weighted by atomic mass is 9.92. The summed E-state index contributed by atoms with van der Waals surface area (Å²) in [6, 6.07) is 21.0. The largest absolute Gasteiger partial charge is 0.508 e. The molecule has 83 heavy (non-hydrogen) atoms. The molecule has 0 unspecified atom stereocenters. The lowest BCUT2D eigenvalue weighted by molar-refractivity contribution is -0.137. The first-order valence-electron chi connectivity index (χ1n) is 26.7. The van der Waals surface area contributed by atoms with Crippen LogP contribution < -0.4 is 30.9 Å². The number of nitrogens with one attached hydrogen (secondary N) is 4. The van der Waals surface area contributed by atoms with Gasteiger partial charge in [-0.15, -0.1) is 11.6 Å². The number of amides is 9. The summed E-state index contributed by atoms with van der Waals surface area (Å²) in [7, 11) is 1.49. The van der Waals surface area contributed by atoms with Crippen molar-refractivity contribution in [2.75, 3.05) is 74.4 Å². The maximum atomic E-state index is 14.6. The van der Waals surface area contributed by atoms with Crippen LogP contribution >= 0.6 is 11.6 Å². The van der Waals surface area contributed by atoms with Gasteiger partial charge in [-0.1, -0.05) is 44.2 Å². The summed E-state index contributed by atoms with van der Waals surface area (Å²) in [4.78, 5) is 127. The Kier molecular flexibility index (Phi) is 19.1. The number of fused-ring (bicyclic) bond motifs is 4. The van der Waals surface area contributed by atoms with E-state index < -0.39 is 59.7 Å². The highest BCUT2D eigenvalue weighted by Crippen LogP contribution is 2.47. The van der Waals surface area contributed by atoms with Crippen molar-refractivity contribution < 1.29 is 62.5 Å². The number of phenols is 1. The number of halogens is 1. The van der Waals surface area contributed by atoms with Crippen LogP contribution in [0.2, 0.25) is 0 Å². The summed E-state index contributed by atoms with van der Waals surface area (Å²) in [5.74, 6) is -3.38. The normalized spacial score (nSPS) is 14.3. The number of ether oxygens (including phenoxy) is 3. The SMILES string of the molecule is CC(=O)N[C@H](C(=O)N[C@@H](C)C(=O)Nc1ccc(COC(=O)N(C)CCN(CCOCCN2C(=O)C=CC2=O)C(=O)Oc2cc3c(c4c(C)cccc24)[C@H](CCl)CN3C(=O)c2cn3cc(NC(=O)c4ccc(O)cc4)ccc3n2)cc1)C(C)C. The number of benzene rings is 4. The van der Waals surface area contributed by atoms with E-state index in [1.807, 2.05) is 19.1 Å². The fourth-order valence-corrected chi connectivity index (χ4v) is 9.67. The number of pyridine rings is 1. The number of alkyl halides is 1. The number of nitrogens with zero attached hydrogens (tertiary/aromatic N) is 6. The van der Waals surface area contributed by atoms with Gasteiger partial charge in [-0.2, -0.15) is 0 Å². The quantitative estimate of drug-likeness (QED) is 0.0281. The lowest BCUT2D eigenvalue weighted by Gasteiger charge is -2.26. The third kappa shape index (κ3) is 14.4. The summed E-state index contributed by atoms with van der Waals surface area (Å²) >= 11 is 6.65. The van der Waals surface area contributed by atoms with Crippen LogP contribution in [0.25, 0.3) is 16.4 Å². The van der Waals surface area contributed by atoms with E-state index in [1.165, 1.54) is 67.1 Å². The van der Waals surface area contributed by atoms with Crippen LogP contribution in [-0.4, -0.2) is 154 Å². The molecule has 8 rings (SSSR count). The van der Waals surface area contributed by atoms with E-state index in [0.717, 1.165) is 21.4 Å². The molecule has 23 nitrogen and oxygen atoms in total. The number of hydrogen-bond donors (Lipinski definition) is 5. The van der Waals surface area contributed by atoms with Gasteiger partial charge in [0.2, 0.25) is 17.7 Å². The van der Waals surface area contributed by atoms with Gasteiger partial charge in [0.05, 0.1) is 31.1 Å².